The molecule has 0 radical (unpaired) electrons. The number of pyridine rings is 1. The molecule has 0 spiro atoms. The standard InChI is InChI=1S/C11H7BrClNO/c12-8-5-10(11(13)14-6-8)7-1-3-9(15)4-2-7/h1-6,15H. The highest BCUT2D eigenvalue weighted by molar-refractivity contribution is 9.10. The molecular formula is C11H7BrClNO. The van der Waals surface area contributed by atoms with Gasteiger partial charge in [-0.3, -0.25) is 0 Å². The Labute approximate surface area is 101 Å². The van der Waals surface area contributed by atoms with Gasteiger partial charge in [0.15, 0.2) is 0 Å². The SMILES string of the molecule is Oc1ccc(-c2cc(Br)cnc2Cl)cc1. The number of hydrogen-bond acceptors (Lipinski definition) is 2. The van der Waals surface area contributed by atoms with Crippen LogP contribution >= 0.6 is 27.5 Å². The number of benzene rings is 1. The lowest BCUT2D eigenvalue weighted by molar-refractivity contribution is 0.475. The van der Waals surface area contributed by atoms with Crippen molar-refractivity contribution in [3.63, 3.8) is 0 Å². The molecule has 0 bridgehead atoms. The van der Waals surface area contributed by atoms with Gasteiger partial charge in [-0.2, -0.15) is 0 Å². The van der Waals surface area contributed by atoms with Crippen LogP contribution in [0.1, 0.15) is 0 Å². The van der Waals surface area contributed by atoms with Crippen molar-refractivity contribution < 1.29 is 5.11 Å². The molecule has 2 nitrogen and oxygen atoms in total. The zero-order chi connectivity index (χ0) is 10.8. The Bertz CT molecular complexity index is 484. The molecule has 0 saturated carbocycles. The van der Waals surface area contributed by atoms with E-state index >= 15 is 0 Å². The first-order valence-electron chi connectivity index (χ1n) is 4.27. The number of phenols is 1. The van der Waals surface area contributed by atoms with Crippen LogP contribution in [0.15, 0.2) is 41.0 Å². The summed E-state index contributed by atoms with van der Waals surface area (Å²) in [6.07, 6.45) is 1.65. The summed E-state index contributed by atoms with van der Waals surface area (Å²) in [5, 5.41) is 9.62. The monoisotopic (exact) mass is 283 g/mol. The lowest BCUT2D eigenvalue weighted by Gasteiger charge is -2.04. The van der Waals surface area contributed by atoms with E-state index in [2.05, 4.69) is 20.9 Å². The zero-order valence-corrected chi connectivity index (χ0v) is 9.96. The second-order valence-corrected chi connectivity index (χ2v) is 4.31. The highest BCUT2D eigenvalue weighted by atomic mass is 79.9. The fourth-order valence-electron chi connectivity index (χ4n) is 1.27. The predicted octanol–water partition coefficient (Wildman–Crippen LogP) is 3.87. The first-order chi connectivity index (χ1) is 7.16. The molecule has 0 aliphatic heterocycles. The van der Waals surface area contributed by atoms with Crippen molar-refractivity contribution in [1.82, 2.24) is 4.98 Å². The van der Waals surface area contributed by atoms with Gasteiger partial charge in [-0.1, -0.05) is 23.7 Å². The van der Waals surface area contributed by atoms with Crippen LogP contribution in [0.2, 0.25) is 5.15 Å². The Balaban J connectivity index is 2.53. The number of aromatic nitrogens is 1. The van der Waals surface area contributed by atoms with Gasteiger partial charge in [0.25, 0.3) is 0 Å². The van der Waals surface area contributed by atoms with Crippen LogP contribution in [-0.4, -0.2) is 10.1 Å². The molecule has 0 fully saturated rings. The van der Waals surface area contributed by atoms with E-state index in [9.17, 15) is 0 Å². The van der Waals surface area contributed by atoms with Crippen LogP contribution in [0.25, 0.3) is 11.1 Å². The first-order valence-corrected chi connectivity index (χ1v) is 5.44. The van der Waals surface area contributed by atoms with Crippen LogP contribution in [0.5, 0.6) is 5.75 Å². The minimum Gasteiger partial charge on any atom is -0.508 e. The smallest absolute Gasteiger partial charge is 0.136 e. The average molecular weight is 285 g/mol. The number of hydrogen-bond donors (Lipinski definition) is 1. The second kappa shape index (κ2) is 4.21. The molecular weight excluding hydrogens is 277 g/mol. The van der Waals surface area contributed by atoms with Gasteiger partial charge in [0.2, 0.25) is 0 Å². The quantitative estimate of drug-likeness (QED) is 0.806. The third kappa shape index (κ3) is 2.30. The number of phenolic OH excluding ortho intramolecular Hbond substituents is 1. The van der Waals surface area contributed by atoms with Crippen molar-refractivity contribution in [1.29, 1.82) is 0 Å². The Morgan fingerprint density at radius 3 is 2.53 bits per heavy atom. The fourth-order valence-corrected chi connectivity index (χ4v) is 1.81. The Hall–Kier alpha value is -1.06. The normalized spacial score (nSPS) is 10.3. The maximum Gasteiger partial charge on any atom is 0.136 e. The van der Waals surface area contributed by atoms with Gasteiger partial charge in [0, 0.05) is 16.2 Å². The Morgan fingerprint density at radius 2 is 1.87 bits per heavy atom. The topological polar surface area (TPSA) is 33.1 Å². The van der Waals surface area contributed by atoms with Gasteiger partial charge in [-0.05, 0) is 39.7 Å². The van der Waals surface area contributed by atoms with E-state index < -0.39 is 0 Å². The van der Waals surface area contributed by atoms with Crippen LogP contribution in [0.3, 0.4) is 0 Å². The number of rotatable bonds is 1. The molecule has 1 aromatic carbocycles. The van der Waals surface area contributed by atoms with Gasteiger partial charge < -0.3 is 5.11 Å². The van der Waals surface area contributed by atoms with Crippen LogP contribution in [0.4, 0.5) is 0 Å². The van der Waals surface area contributed by atoms with E-state index in [1.54, 1.807) is 30.5 Å². The summed E-state index contributed by atoms with van der Waals surface area (Å²) in [7, 11) is 0. The zero-order valence-electron chi connectivity index (χ0n) is 7.61. The molecule has 0 atom stereocenters. The maximum absolute atomic E-state index is 9.17. The van der Waals surface area contributed by atoms with E-state index in [1.807, 2.05) is 6.07 Å². The third-order valence-corrected chi connectivity index (χ3v) is 2.72. The number of nitrogens with zero attached hydrogens (tertiary/aromatic N) is 1. The summed E-state index contributed by atoms with van der Waals surface area (Å²) in [5.41, 5.74) is 1.76. The summed E-state index contributed by atoms with van der Waals surface area (Å²) in [6, 6.07) is 8.72. The molecule has 1 aromatic heterocycles. The van der Waals surface area contributed by atoms with E-state index in [4.69, 9.17) is 16.7 Å². The van der Waals surface area contributed by atoms with Gasteiger partial charge >= 0.3 is 0 Å². The summed E-state index contributed by atoms with van der Waals surface area (Å²) < 4.78 is 0.870. The molecule has 0 saturated heterocycles. The van der Waals surface area contributed by atoms with Gasteiger partial charge in [0.1, 0.15) is 10.9 Å². The summed E-state index contributed by atoms with van der Waals surface area (Å²) in [5.74, 6) is 0.234. The largest absolute Gasteiger partial charge is 0.508 e. The van der Waals surface area contributed by atoms with Crippen molar-refractivity contribution in [2.75, 3.05) is 0 Å². The minimum absolute atomic E-state index is 0.234. The van der Waals surface area contributed by atoms with Crippen LogP contribution in [0, 0.1) is 0 Å². The van der Waals surface area contributed by atoms with Crippen molar-refractivity contribution in [3.8, 4) is 16.9 Å². The molecule has 0 aliphatic carbocycles. The molecule has 15 heavy (non-hydrogen) atoms. The number of halogens is 2. The summed E-state index contributed by atoms with van der Waals surface area (Å²) >= 11 is 9.31. The van der Waals surface area contributed by atoms with Crippen molar-refractivity contribution in [2.45, 2.75) is 0 Å². The molecule has 1 N–H and O–H groups in total. The fraction of sp³-hybridized carbons (Fsp3) is 0. The first kappa shape index (κ1) is 10.5. The molecule has 2 rings (SSSR count). The van der Waals surface area contributed by atoms with E-state index in [-0.39, 0.29) is 5.75 Å². The van der Waals surface area contributed by atoms with Gasteiger partial charge in [0.05, 0.1) is 0 Å². The minimum atomic E-state index is 0.234. The van der Waals surface area contributed by atoms with Crippen molar-refractivity contribution in [3.05, 3.63) is 46.2 Å². The molecule has 0 amide bonds. The molecule has 2 aromatic rings. The third-order valence-electron chi connectivity index (χ3n) is 1.98. The highest BCUT2D eigenvalue weighted by Gasteiger charge is 2.05. The predicted molar refractivity (Wildman–Crippen MR) is 64.0 cm³/mol. The van der Waals surface area contributed by atoms with Gasteiger partial charge in [-0.25, -0.2) is 4.98 Å². The molecule has 4 heteroatoms. The van der Waals surface area contributed by atoms with Crippen LogP contribution < -0.4 is 0 Å². The Morgan fingerprint density at radius 1 is 1.20 bits per heavy atom. The van der Waals surface area contributed by atoms with Crippen molar-refractivity contribution in [2.24, 2.45) is 0 Å². The highest BCUT2D eigenvalue weighted by Crippen LogP contribution is 2.29. The van der Waals surface area contributed by atoms with E-state index in [1.165, 1.54) is 0 Å². The Kier molecular flexibility index (Phi) is 2.93. The lowest BCUT2D eigenvalue weighted by atomic mass is 10.1. The lowest BCUT2D eigenvalue weighted by Crippen LogP contribution is -1.83. The summed E-state index contributed by atoms with van der Waals surface area (Å²) in [6.45, 7) is 0. The maximum atomic E-state index is 9.17. The van der Waals surface area contributed by atoms with E-state index in [0.29, 0.717) is 5.15 Å². The number of aromatic hydroxyl groups is 1. The molecule has 76 valence electrons. The molecule has 0 unspecified atom stereocenters. The summed E-state index contributed by atoms with van der Waals surface area (Å²) in [4.78, 5) is 4.03. The molecule has 0 aliphatic rings. The second-order valence-electron chi connectivity index (χ2n) is 3.04. The van der Waals surface area contributed by atoms with Crippen molar-refractivity contribution >= 4 is 27.5 Å². The average Bonchev–Trinajstić information content (AvgIpc) is 2.23. The van der Waals surface area contributed by atoms with Crippen LogP contribution in [-0.2, 0) is 0 Å². The van der Waals surface area contributed by atoms with E-state index in [0.717, 1.165) is 15.6 Å². The molecule has 1 heterocycles. The van der Waals surface area contributed by atoms with Gasteiger partial charge in [-0.15, -0.1) is 0 Å².